The number of aromatic nitrogens is 4. The number of fused-ring (bicyclic) bond motifs is 1. The van der Waals surface area contributed by atoms with Gasteiger partial charge in [-0.3, -0.25) is 4.79 Å². The molecule has 0 unspecified atom stereocenters. The van der Waals surface area contributed by atoms with Crippen molar-refractivity contribution in [3.63, 3.8) is 0 Å². The fraction of sp³-hybridized carbons (Fsp3) is 0.320. The van der Waals surface area contributed by atoms with Gasteiger partial charge in [0.15, 0.2) is 34.4 Å². The van der Waals surface area contributed by atoms with E-state index in [0.29, 0.717) is 18.3 Å². The van der Waals surface area contributed by atoms with Crippen LogP contribution in [0, 0.1) is 20.8 Å². The van der Waals surface area contributed by atoms with Gasteiger partial charge >= 0.3 is 0 Å². The largest absolute Gasteiger partial charge is 0.486 e. The molecule has 1 aromatic carbocycles. The second-order valence-corrected chi connectivity index (χ2v) is 9.30. The van der Waals surface area contributed by atoms with Gasteiger partial charge in [0.05, 0.1) is 24.1 Å². The van der Waals surface area contributed by atoms with Crippen molar-refractivity contribution in [1.82, 2.24) is 19.3 Å². The third-order valence-corrected chi connectivity index (χ3v) is 7.12. The van der Waals surface area contributed by atoms with E-state index in [1.54, 1.807) is 6.26 Å². The summed E-state index contributed by atoms with van der Waals surface area (Å²) in [7, 11) is 1.89. The third-order valence-electron chi connectivity index (χ3n) is 6.09. The number of carbonyl (C=O) groups excluding carboxylic acids is 1. The van der Waals surface area contributed by atoms with E-state index in [1.807, 2.05) is 68.8 Å². The Hall–Kier alpha value is -3.46. The van der Waals surface area contributed by atoms with Crippen molar-refractivity contribution in [3.8, 4) is 22.9 Å². The molecule has 0 fully saturated rings. The van der Waals surface area contributed by atoms with Crippen LogP contribution >= 0.6 is 11.8 Å². The number of benzene rings is 1. The quantitative estimate of drug-likeness (QED) is 0.283. The molecule has 176 valence electrons. The highest BCUT2D eigenvalue weighted by Crippen LogP contribution is 2.32. The molecular weight excluding hydrogens is 452 g/mol. The molecule has 0 bridgehead atoms. The fourth-order valence-corrected chi connectivity index (χ4v) is 5.02. The van der Waals surface area contributed by atoms with E-state index in [4.69, 9.17) is 13.9 Å². The Balaban J connectivity index is 1.26. The first-order chi connectivity index (χ1) is 16.4. The van der Waals surface area contributed by atoms with Crippen LogP contribution in [0.3, 0.4) is 0 Å². The lowest BCUT2D eigenvalue weighted by atomic mass is 10.2. The maximum atomic E-state index is 13.1. The predicted octanol–water partition coefficient (Wildman–Crippen LogP) is 4.62. The molecule has 3 aromatic heterocycles. The number of para-hydroxylation sites is 2. The highest BCUT2D eigenvalue weighted by atomic mass is 32.2. The first-order valence-corrected chi connectivity index (χ1v) is 12.1. The summed E-state index contributed by atoms with van der Waals surface area (Å²) in [6.07, 6.45) is 1.51. The molecule has 34 heavy (non-hydrogen) atoms. The third kappa shape index (κ3) is 4.11. The number of Topliss-reactive ketones (excluding diaryl/α,β-unsaturated/α-hetero) is 1. The van der Waals surface area contributed by atoms with Gasteiger partial charge in [-0.05, 0) is 45.0 Å². The minimum Gasteiger partial charge on any atom is -0.486 e. The number of hydrogen-bond acceptors (Lipinski definition) is 7. The Morgan fingerprint density at radius 1 is 1.15 bits per heavy atom. The van der Waals surface area contributed by atoms with Crippen molar-refractivity contribution in [2.24, 2.45) is 7.05 Å². The Morgan fingerprint density at radius 2 is 1.94 bits per heavy atom. The van der Waals surface area contributed by atoms with Crippen LogP contribution < -0.4 is 9.47 Å². The number of furan rings is 1. The second kappa shape index (κ2) is 9.06. The lowest BCUT2D eigenvalue weighted by molar-refractivity contribution is 0.0777. The van der Waals surface area contributed by atoms with Crippen LogP contribution in [0.25, 0.3) is 11.4 Å². The summed E-state index contributed by atoms with van der Waals surface area (Å²) in [6.45, 7) is 6.96. The number of hydrogen-bond donors (Lipinski definition) is 0. The Bertz CT molecular complexity index is 1350. The van der Waals surface area contributed by atoms with Crippen molar-refractivity contribution in [3.05, 3.63) is 65.4 Å². The summed E-state index contributed by atoms with van der Waals surface area (Å²) in [4.78, 5) is 13.1. The van der Waals surface area contributed by atoms with E-state index >= 15 is 0 Å². The summed E-state index contributed by atoms with van der Waals surface area (Å²) in [5, 5.41) is 9.23. The SMILES string of the molecule is Cc1occc1-c1nnc(SCC(=O)c2cc(C)n(C[C@H]3COc4ccccc4O3)c2C)n1C. The average molecular weight is 479 g/mol. The summed E-state index contributed by atoms with van der Waals surface area (Å²) >= 11 is 1.38. The van der Waals surface area contributed by atoms with Gasteiger partial charge in [0.1, 0.15) is 12.4 Å². The number of rotatable bonds is 7. The fourth-order valence-electron chi connectivity index (χ4n) is 4.22. The molecule has 8 nitrogen and oxygen atoms in total. The van der Waals surface area contributed by atoms with Gasteiger partial charge in [-0.25, -0.2) is 0 Å². The molecule has 0 spiro atoms. The van der Waals surface area contributed by atoms with Crippen molar-refractivity contribution in [1.29, 1.82) is 0 Å². The molecule has 0 radical (unpaired) electrons. The normalized spacial score (nSPS) is 15.0. The minimum absolute atomic E-state index is 0.0551. The van der Waals surface area contributed by atoms with E-state index in [9.17, 15) is 4.79 Å². The van der Waals surface area contributed by atoms with Crippen molar-refractivity contribution in [2.75, 3.05) is 12.4 Å². The number of ketones is 1. The van der Waals surface area contributed by atoms with Crippen molar-refractivity contribution >= 4 is 17.5 Å². The lowest BCUT2D eigenvalue weighted by Crippen LogP contribution is -2.33. The van der Waals surface area contributed by atoms with Crippen LogP contribution in [-0.4, -0.2) is 43.6 Å². The predicted molar refractivity (Wildman–Crippen MR) is 129 cm³/mol. The zero-order chi connectivity index (χ0) is 23.8. The number of aryl methyl sites for hydroxylation is 2. The molecule has 1 aliphatic heterocycles. The average Bonchev–Trinajstić information content (AvgIpc) is 3.50. The number of thioether (sulfide) groups is 1. The molecule has 0 amide bonds. The van der Waals surface area contributed by atoms with Gasteiger partial charge in [0.25, 0.3) is 0 Å². The van der Waals surface area contributed by atoms with E-state index in [-0.39, 0.29) is 17.6 Å². The van der Waals surface area contributed by atoms with Crippen LogP contribution in [0.2, 0.25) is 0 Å². The first-order valence-electron chi connectivity index (χ1n) is 11.1. The first kappa shape index (κ1) is 22.3. The molecule has 4 aromatic rings. The highest BCUT2D eigenvalue weighted by Gasteiger charge is 2.24. The summed E-state index contributed by atoms with van der Waals surface area (Å²) in [5.74, 6) is 3.35. The maximum absolute atomic E-state index is 13.1. The van der Waals surface area contributed by atoms with Gasteiger partial charge in [0, 0.05) is 24.0 Å². The van der Waals surface area contributed by atoms with Crippen LogP contribution in [0.5, 0.6) is 11.5 Å². The smallest absolute Gasteiger partial charge is 0.191 e. The molecule has 0 saturated heterocycles. The van der Waals surface area contributed by atoms with Crippen LogP contribution in [0.1, 0.15) is 27.5 Å². The molecule has 0 saturated carbocycles. The number of carbonyl (C=O) groups is 1. The molecule has 9 heteroatoms. The van der Waals surface area contributed by atoms with E-state index < -0.39 is 0 Å². The van der Waals surface area contributed by atoms with Crippen LogP contribution in [-0.2, 0) is 13.6 Å². The number of ether oxygens (including phenoxy) is 2. The van der Waals surface area contributed by atoms with E-state index in [0.717, 1.165) is 45.6 Å². The van der Waals surface area contributed by atoms with Gasteiger partial charge < -0.3 is 23.0 Å². The molecular formula is C25H26N4O4S. The zero-order valence-electron chi connectivity index (χ0n) is 19.6. The summed E-state index contributed by atoms with van der Waals surface area (Å²) in [6, 6.07) is 11.5. The van der Waals surface area contributed by atoms with Crippen molar-refractivity contribution in [2.45, 2.75) is 38.6 Å². The Labute approximate surface area is 201 Å². The Morgan fingerprint density at radius 3 is 2.71 bits per heavy atom. The Kier molecular flexibility index (Phi) is 5.95. The van der Waals surface area contributed by atoms with Gasteiger partial charge in [0.2, 0.25) is 0 Å². The molecule has 5 rings (SSSR count). The minimum atomic E-state index is -0.125. The standard InChI is InChI=1S/C25H26N4O4S/c1-15-11-20(16(2)29(15)12-18-13-32-22-7-5-6-8-23(22)33-18)21(30)14-34-25-27-26-24(28(25)4)19-9-10-31-17(19)3/h5-11,18H,12-14H2,1-4H3/t18-/m0/s1. The molecule has 0 N–H and O–H groups in total. The molecule has 1 aliphatic rings. The van der Waals surface area contributed by atoms with Gasteiger partial charge in [-0.1, -0.05) is 23.9 Å². The lowest BCUT2D eigenvalue weighted by Gasteiger charge is -2.27. The monoisotopic (exact) mass is 478 g/mol. The molecule has 4 heterocycles. The van der Waals surface area contributed by atoms with Crippen LogP contribution in [0.4, 0.5) is 0 Å². The highest BCUT2D eigenvalue weighted by molar-refractivity contribution is 7.99. The second-order valence-electron chi connectivity index (χ2n) is 8.36. The van der Waals surface area contributed by atoms with E-state index in [1.165, 1.54) is 11.8 Å². The number of nitrogens with zero attached hydrogens (tertiary/aromatic N) is 4. The van der Waals surface area contributed by atoms with Gasteiger partial charge in [-0.2, -0.15) is 0 Å². The summed E-state index contributed by atoms with van der Waals surface area (Å²) in [5.41, 5.74) is 3.56. The van der Waals surface area contributed by atoms with Crippen molar-refractivity contribution < 1.29 is 18.7 Å². The zero-order valence-corrected chi connectivity index (χ0v) is 20.4. The van der Waals surface area contributed by atoms with Gasteiger partial charge in [-0.15, -0.1) is 10.2 Å². The molecule has 0 aliphatic carbocycles. The van der Waals surface area contributed by atoms with Crippen LogP contribution in [0.15, 0.2) is 52.2 Å². The molecule has 1 atom stereocenters. The van der Waals surface area contributed by atoms with E-state index in [2.05, 4.69) is 14.8 Å². The topological polar surface area (TPSA) is 84.3 Å². The summed E-state index contributed by atoms with van der Waals surface area (Å²) < 4.78 is 21.4. The maximum Gasteiger partial charge on any atom is 0.191 e.